The van der Waals surface area contributed by atoms with Gasteiger partial charge in [0.1, 0.15) is 11.2 Å². The zero-order valence-corrected chi connectivity index (χ0v) is 37.1. The molecular weight excluding hydrogens is 813 g/mol. The van der Waals surface area contributed by atoms with Crippen LogP contribution in [0, 0.1) is 0 Å². The highest BCUT2D eigenvalue weighted by Gasteiger charge is 2.17. The molecule has 0 spiro atoms. The Morgan fingerprint density at radius 2 is 0.687 bits per heavy atom. The lowest BCUT2D eigenvalue weighted by Crippen LogP contribution is -1.97. The first-order chi connectivity index (χ1) is 33.0. The summed E-state index contributed by atoms with van der Waals surface area (Å²) in [7, 11) is 0. The second-order valence-electron chi connectivity index (χ2n) is 17.2. The second-order valence-corrected chi connectivity index (χ2v) is 17.2. The van der Waals surface area contributed by atoms with Crippen LogP contribution in [0.5, 0.6) is 0 Å². The van der Waals surface area contributed by atoms with Crippen molar-refractivity contribution in [1.29, 1.82) is 0 Å². The van der Waals surface area contributed by atoms with Gasteiger partial charge in [0.05, 0.1) is 11.4 Å². The van der Waals surface area contributed by atoms with E-state index in [-0.39, 0.29) is 0 Å². The van der Waals surface area contributed by atoms with E-state index in [1.54, 1.807) is 0 Å². The third-order valence-electron chi connectivity index (χ3n) is 13.0. The Morgan fingerprint density at radius 3 is 1.28 bits per heavy atom. The molecule has 0 unspecified atom stereocenters. The molecule has 0 fully saturated rings. The lowest BCUT2D eigenvalue weighted by molar-refractivity contribution is 0.670. The highest BCUT2D eigenvalue weighted by atomic mass is 16.3. The van der Waals surface area contributed by atoms with Gasteiger partial charge in [0.2, 0.25) is 0 Å². The van der Waals surface area contributed by atoms with E-state index in [0.29, 0.717) is 11.4 Å². The Bertz CT molecular complexity index is 3640. The third-order valence-corrected chi connectivity index (χ3v) is 13.0. The van der Waals surface area contributed by atoms with Crippen molar-refractivity contribution in [3.8, 4) is 55.6 Å². The Hall–Kier alpha value is -8.66. The van der Waals surface area contributed by atoms with Crippen molar-refractivity contribution in [3.63, 3.8) is 0 Å². The maximum absolute atomic E-state index is 6.78. The van der Waals surface area contributed by atoms with Crippen molar-refractivity contribution in [3.05, 3.63) is 254 Å². The van der Waals surface area contributed by atoms with Crippen LogP contribution in [0.2, 0.25) is 0 Å². The molecule has 12 rings (SSSR count). The van der Waals surface area contributed by atoms with Crippen molar-refractivity contribution in [2.45, 2.75) is 12.8 Å². The van der Waals surface area contributed by atoms with Gasteiger partial charge in [-0.2, -0.15) is 0 Å². The number of hydrogen-bond donors (Lipinski definition) is 2. The van der Waals surface area contributed by atoms with Crippen LogP contribution in [0.15, 0.2) is 247 Å². The van der Waals surface area contributed by atoms with Crippen molar-refractivity contribution in [1.82, 2.24) is 0 Å². The zero-order valence-electron chi connectivity index (χ0n) is 37.1. The molecule has 1 heterocycles. The van der Waals surface area contributed by atoms with E-state index in [0.717, 1.165) is 61.9 Å². The van der Waals surface area contributed by atoms with Gasteiger partial charge >= 0.3 is 0 Å². The number of aryl methyl sites for hydroxylation is 2. The van der Waals surface area contributed by atoms with Gasteiger partial charge in [0, 0.05) is 27.1 Å². The standard InChI is InChI=1S/C50H36O.C14H12N2/c1-4-13-35(14-5-1)25-26-36-15-10-24-44(29-36)46-33-45(42-23-12-21-40(31-42)38-18-8-3-9-19-38)34-48-47-32-43(27-28-49(47)51-50(46)48)41-22-11-20-39(30-41)37-16-6-2-7-17-37;15-13-11-7-3-1-5-9(11)10-6-2-4-8-12(10)14(13)16/h1-24,27-34H,25-26H2;1-8H,15-16H2. The fourth-order valence-electron chi connectivity index (χ4n) is 9.48. The van der Waals surface area contributed by atoms with Crippen LogP contribution in [0.4, 0.5) is 11.4 Å². The molecule has 320 valence electrons. The molecule has 0 aliphatic carbocycles. The van der Waals surface area contributed by atoms with E-state index >= 15 is 0 Å². The molecule has 11 aromatic carbocycles. The molecule has 0 bridgehead atoms. The minimum absolute atomic E-state index is 0.675. The summed E-state index contributed by atoms with van der Waals surface area (Å²) < 4.78 is 6.78. The normalized spacial score (nSPS) is 11.2. The van der Waals surface area contributed by atoms with Crippen molar-refractivity contribution in [2.75, 3.05) is 11.5 Å². The van der Waals surface area contributed by atoms with Gasteiger partial charge in [0.25, 0.3) is 0 Å². The average molecular weight is 861 g/mol. The van der Waals surface area contributed by atoms with Crippen molar-refractivity contribution < 1.29 is 4.42 Å². The lowest BCUT2D eigenvalue weighted by Gasteiger charge is -2.11. The Kier molecular flexibility index (Phi) is 11.1. The predicted molar refractivity (Wildman–Crippen MR) is 285 cm³/mol. The lowest BCUT2D eigenvalue weighted by atomic mass is 9.92. The maximum atomic E-state index is 6.78. The number of rotatable bonds is 8. The molecule has 1 aromatic heterocycles. The number of hydrogen-bond acceptors (Lipinski definition) is 3. The maximum Gasteiger partial charge on any atom is 0.143 e. The summed E-state index contributed by atoms with van der Waals surface area (Å²) in [6.45, 7) is 0. The molecular formula is C64H48N2O. The summed E-state index contributed by atoms with van der Waals surface area (Å²) in [4.78, 5) is 0. The monoisotopic (exact) mass is 860 g/mol. The topological polar surface area (TPSA) is 65.2 Å². The zero-order chi connectivity index (χ0) is 45.1. The van der Waals surface area contributed by atoms with Gasteiger partial charge in [-0.25, -0.2) is 0 Å². The Balaban J connectivity index is 0.000000259. The van der Waals surface area contributed by atoms with Gasteiger partial charge in [0.15, 0.2) is 0 Å². The van der Waals surface area contributed by atoms with Crippen LogP contribution < -0.4 is 11.5 Å². The average Bonchev–Trinajstić information content (AvgIpc) is 3.78. The van der Waals surface area contributed by atoms with E-state index in [1.165, 1.54) is 61.2 Å². The number of nitrogen functional groups attached to an aromatic ring is 2. The summed E-state index contributed by atoms with van der Waals surface area (Å²) in [5.41, 5.74) is 29.8. The predicted octanol–water partition coefficient (Wildman–Crippen LogP) is 16.9. The molecule has 0 aliphatic rings. The fourth-order valence-corrected chi connectivity index (χ4v) is 9.48. The molecule has 0 amide bonds. The summed E-state index contributed by atoms with van der Waals surface area (Å²) in [6, 6.07) is 86.0. The molecule has 67 heavy (non-hydrogen) atoms. The van der Waals surface area contributed by atoms with Gasteiger partial charge in [-0.15, -0.1) is 0 Å². The highest BCUT2D eigenvalue weighted by Crippen LogP contribution is 2.42. The van der Waals surface area contributed by atoms with E-state index in [1.807, 2.05) is 36.4 Å². The number of fused-ring (bicyclic) bond motifs is 6. The molecule has 0 aliphatic heterocycles. The largest absolute Gasteiger partial charge is 0.455 e. The summed E-state index contributed by atoms with van der Waals surface area (Å²) >= 11 is 0. The van der Waals surface area contributed by atoms with Crippen LogP contribution >= 0.6 is 0 Å². The quantitative estimate of drug-likeness (QED) is 0.0909. The van der Waals surface area contributed by atoms with Crippen LogP contribution in [-0.2, 0) is 12.8 Å². The molecule has 4 N–H and O–H groups in total. The Morgan fingerprint density at radius 1 is 0.269 bits per heavy atom. The second kappa shape index (κ2) is 18.1. The first-order valence-corrected chi connectivity index (χ1v) is 22.9. The van der Waals surface area contributed by atoms with Crippen molar-refractivity contribution >= 4 is 54.9 Å². The highest BCUT2D eigenvalue weighted by molar-refractivity contribution is 6.19. The van der Waals surface area contributed by atoms with Gasteiger partial charge < -0.3 is 15.9 Å². The minimum atomic E-state index is 0.675. The van der Waals surface area contributed by atoms with E-state index in [9.17, 15) is 0 Å². The molecule has 0 saturated carbocycles. The van der Waals surface area contributed by atoms with Crippen LogP contribution in [-0.4, -0.2) is 0 Å². The smallest absolute Gasteiger partial charge is 0.143 e. The van der Waals surface area contributed by atoms with E-state index in [2.05, 4.69) is 206 Å². The molecule has 0 saturated heterocycles. The van der Waals surface area contributed by atoms with E-state index < -0.39 is 0 Å². The number of furan rings is 1. The fraction of sp³-hybridized carbons (Fsp3) is 0.0312. The molecule has 0 radical (unpaired) electrons. The number of anilines is 2. The van der Waals surface area contributed by atoms with E-state index in [4.69, 9.17) is 15.9 Å². The van der Waals surface area contributed by atoms with Gasteiger partial charge in [-0.1, -0.05) is 206 Å². The summed E-state index contributed by atoms with van der Waals surface area (Å²) in [6.07, 6.45) is 1.98. The van der Waals surface area contributed by atoms with Crippen LogP contribution in [0.1, 0.15) is 11.1 Å². The van der Waals surface area contributed by atoms with Crippen LogP contribution in [0.3, 0.4) is 0 Å². The van der Waals surface area contributed by atoms with Gasteiger partial charge in [-0.3, -0.25) is 0 Å². The first kappa shape index (κ1) is 41.1. The SMILES string of the molecule is Nc1c(N)c2ccccc2c2ccccc12.c1ccc(CCc2cccc(-c3cc(-c4cccc(-c5ccccc5)c4)cc4c3oc3ccc(-c5cccc(-c6ccccc6)c5)cc34)c2)cc1. The molecule has 3 nitrogen and oxygen atoms in total. The summed E-state index contributed by atoms with van der Waals surface area (Å²) in [5, 5.41) is 6.61. The number of benzene rings is 11. The van der Waals surface area contributed by atoms with Gasteiger partial charge in [-0.05, 0) is 121 Å². The van der Waals surface area contributed by atoms with Crippen LogP contribution in [0.25, 0.3) is 99.1 Å². The first-order valence-electron chi connectivity index (χ1n) is 22.9. The molecule has 3 heteroatoms. The minimum Gasteiger partial charge on any atom is -0.455 e. The van der Waals surface area contributed by atoms with Crippen molar-refractivity contribution in [2.24, 2.45) is 0 Å². The molecule has 0 atom stereocenters. The molecule has 12 aromatic rings. The Labute approximate surface area is 391 Å². The summed E-state index contributed by atoms with van der Waals surface area (Å²) in [5.74, 6) is 0. The number of nitrogens with two attached hydrogens (primary N) is 2. The third kappa shape index (κ3) is 8.31.